The Morgan fingerprint density at radius 1 is 1.06 bits per heavy atom. The molecule has 0 unspecified atom stereocenters. The molecule has 0 aliphatic carbocycles. The van der Waals surface area contributed by atoms with Gasteiger partial charge in [-0.05, 0) is 34.7 Å². The highest BCUT2D eigenvalue weighted by atomic mass is 127. The quantitative estimate of drug-likeness (QED) is 0.805. The first-order chi connectivity index (χ1) is 8.27. The molecule has 5 heteroatoms. The number of halogens is 1. The van der Waals surface area contributed by atoms with Crippen LogP contribution in [-0.2, 0) is 0 Å². The van der Waals surface area contributed by atoms with Gasteiger partial charge in [0, 0.05) is 12.4 Å². The van der Waals surface area contributed by atoms with E-state index in [4.69, 9.17) is 9.47 Å². The van der Waals surface area contributed by atoms with Gasteiger partial charge < -0.3 is 9.47 Å². The van der Waals surface area contributed by atoms with Crippen LogP contribution in [0.25, 0.3) is 11.4 Å². The van der Waals surface area contributed by atoms with E-state index in [-0.39, 0.29) is 0 Å². The third kappa shape index (κ3) is 2.33. The Morgan fingerprint density at radius 2 is 1.82 bits per heavy atom. The molecule has 2 aromatic rings. The summed E-state index contributed by atoms with van der Waals surface area (Å²) in [4.78, 5) is 8.62. The molecule has 0 aliphatic rings. The molecular weight excluding hydrogens is 331 g/mol. The molecule has 0 aromatic carbocycles. The summed E-state index contributed by atoms with van der Waals surface area (Å²) in [6, 6.07) is 5.66. The lowest BCUT2D eigenvalue weighted by atomic mass is 10.2. The predicted molar refractivity (Wildman–Crippen MR) is 73.3 cm³/mol. The van der Waals surface area contributed by atoms with Crippen LogP contribution in [-0.4, -0.2) is 24.2 Å². The van der Waals surface area contributed by atoms with E-state index in [0.29, 0.717) is 17.2 Å². The Labute approximate surface area is 113 Å². The third-order valence-corrected chi connectivity index (χ3v) is 3.03. The van der Waals surface area contributed by atoms with Gasteiger partial charge in [-0.15, -0.1) is 0 Å². The molecule has 88 valence electrons. The number of hydrogen-bond acceptors (Lipinski definition) is 4. The van der Waals surface area contributed by atoms with Crippen molar-refractivity contribution in [1.29, 1.82) is 0 Å². The minimum Gasteiger partial charge on any atom is -0.492 e. The van der Waals surface area contributed by atoms with Crippen LogP contribution in [0.15, 0.2) is 30.6 Å². The fourth-order valence-electron chi connectivity index (χ4n) is 1.52. The average Bonchev–Trinajstić information content (AvgIpc) is 2.39. The van der Waals surface area contributed by atoms with Crippen LogP contribution in [0.1, 0.15) is 0 Å². The number of ether oxygens (including phenoxy) is 2. The van der Waals surface area contributed by atoms with Crippen LogP contribution >= 0.6 is 22.6 Å². The number of pyridine rings is 2. The maximum absolute atomic E-state index is 5.37. The summed E-state index contributed by atoms with van der Waals surface area (Å²) in [7, 11) is 3.21. The van der Waals surface area contributed by atoms with Crippen LogP contribution < -0.4 is 9.47 Å². The highest BCUT2D eigenvalue weighted by Gasteiger charge is 2.16. The van der Waals surface area contributed by atoms with E-state index in [0.717, 1.165) is 9.26 Å². The van der Waals surface area contributed by atoms with E-state index in [1.54, 1.807) is 26.6 Å². The molecule has 0 spiro atoms. The Hall–Kier alpha value is -1.37. The van der Waals surface area contributed by atoms with Crippen LogP contribution in [0.5, 0.6) is 11.5 Å². The zero-order valence-corrected chi connectivity index (χ0v) is 11.6. The number of nitrogens with zero attached hydrogens (tertiary/aromatic N) is 2. The van der Waals surface area contributed by atoms with Crippen molar-refractivity contribution in [2.45, 2.75) is 0 Å². The zero-order chi connectivity index (χ0) is 12.3. The molecule has 4 nitrogen and oxygen atoms in total. The first-order valence-corrected chi connectivity index (χ1v) is 6.03. The van der Waals surface area contributed by atoms with Gasteiger partial charge in [-0.2, -0.15) is 0 Å². The van der Waals surface area contributed by atoms with Crippen LogP contribution in [0.2, 0.25) is 0 Å². The fourth-order valence-corrected chi connectivity index (χ4v) is 2.12. The molecule has 0 amide bonds. The van der Waals surface area contributed by atoms with E-state index in [9.17, 15) is 0 Å². The van der Waals surface area contributed by atoms with Crippen LogP contribution in [0.3, 0.4) is 0 Å². The summed E-state index contributed by atoms with van der Waals surface area (Å²) < 4.78 is 11.6. The SMILES string of the molecule is COc1c(I)cnc(-c2ccccn2)c1OC. The van der Waals surface area contributed by atoms with Gasteiger partial charge in [-0.1, -0.05) is 6.07 Å². The lowest BCUT2D eigenvalue weighted by molar-refractivity contribution is 0.352. The summed E-state index contributed by atoms with van der Waals surface area (Å²) in [5.74, 6) is 1.29. The first-order valence-electron chi connectivity index (χ1n) is 4.95. The number of aromatic nitrogens is 2. The minimum atomic E-state index is 0.609. The van der Waals surface area contributed by atoms with Gasteiger partial charge in [-0.3, -0.25) is 4.98 Å². The second-order valence-corrected chi connectivity index (χ2v) is 4.40. The van der Waals surface area contributed by atoms with Gasteiger partial charge in [0.2, 0.25) is 0 Å². The van der Waals surface area contributed by atoms with Gasteiger partial charge in [-0.25, -0.2) is 4.98 Å². The van der Waals surface area contributed by atoms with Crippen molar-refractivity contribution in [3.8, 4) is 22.9 Å². The Balaban J connectivity index is 2.63. The largest absolute Gasteiger partial charge is 0.492 e. The van der Waals surface area contributed by atoms with Gasteiger partial charge in [0.25, 0.3) is 0 Å². The van der Waals surface area contributed by atoms with Crippen molar-refractivity contribution in [2.75, 3.05) is 14.2 Å². The number of rotatable bonds is 3. The molecule has 0 radical (unpaired) electrons. The normalized spacial score (nSPS) is 10.1. The van der Waals surface area contributed by atoms with Crippen molar-refractivity contribution in [3.05, 3.63) is 34.2 Å². The molecule has 2 rings (SSSR count). The maximum Gasteiger partial charge on any atom is 0.189 e. The average molecular weight is 342 g/mol. The molecule has 0 saturated heterocycles. The van der Waals surface area contributed by atoms with E-state index in [1.807, 2.05) is 18.2 Å². The standard InChI is InChI=1S/C12H11IN2O2/c1-16-11-8(13)7-15-10(12(11)17-2)9-5-3-4-6-14-9/h3-7H,1-2H3. The summed E-state index contributed by atoms with van der Waals surface area (Å²) in [5, 5.41) is 0. The minimum absolute atomic E-state index is 0.609. The summed E-state index contributed by atoms with van der Waals surface area (Å²) in [6.07, 6.45) is 3.47. The summed E-state index contributed by atoms with van der Waals surface area (Å²) in [6.45, 7) is 0. The third-order valence-electron chi connectivity index (χ3n) is 2.26. The van der Waals surface area contributed by atoms with Gasteiger partial charge in [0.05, 0.1) is 23.5 Å². The Bertz CT molecular complexity index is 517. The fraction of sp³-hybridized carbons (Fsp3) is 0.167. The lowest BCUT2D eigenvalue weighted by Crippen LogP contribution is -1.98. The smallest absolute Gasteiger partial charge is 0.189 e. The van der Waals surface area contributed by atoms with Crippen molar-refractivity contribution >= 4 is 22.6 Å². The predicted octanol–water partition coefficient (Wildman–Crippen LogP) is 2.77. The van der Waals surface area contributed by atoms with E-state index < -0.39 is 0 Å². The van der Waals surface area contributed by atoms with Crippen LogP contribution in [0, 0.1) is 3.57 Å². The molecule has 0 atom stereocenters. The topological polar surface area (TPSA) is 44.2 Å². The summed E-state index contributed by atoms with van der Waals surface area (Å²) in [5.41, 5.74) is 1.45. The summed E-state index contributed by atoms with van der Waals surface area (Å²) >= 11 is 2.16. The Morgan fingerprint density at radius 3 is 2.41 bits per heavy atom. The highest BCUT2D eigenvalue weighted by molar-refractivity contribution is 14.1. The lowest BCUT2D eigenvalue weighted by Gasteiger charge is -2.12. The second kappa shape index (κ2) is 5.31. The van der Waals surface area contributed by atoms with Crippen molar-refractivity contribution in [2.24, 2.45) is 0 Å². The Kier molecular flexibility index (Phi) is 3.78. The molecule has 2 aromatic heterocycles. The number of methoxy groups -OCH3 is 2. The molecule has 17 heavy (non-hydrogen) atoms. The molecule has 0 bridgehead atoms. The highest BCUT2D eigenvalue weighted by Crippen LogP contribution is 2.38. The zero-order valence-electron chi connectivity index (χ0n) is 9.48. The van der Waals surface area contributed by atoms with E-state index in [1.165, 1.54) is 0 Å². The second-order valence-electron chi connectivity index (χ2n) is 3.24. The molecule has 0 fully saturated rings. The first kappa shape index (κ1) is 12.1. The molecule has 0 saturated carbocycles. The van der Waals surface area contributed by atoms with E-state index >= 15 is 0 Å². The molecular formula is C12H11IN2O2. The van der Waals surface area contributed by atoms with E-state index in [2.05, 4.69) is 32.6 Å². The molecule has 2 heterocycles. The van der Waals surface area contributed by atoms with Gasteiger partial charge in [0.1, 0.15) is 5.69 Å². The van der Waals surface area contributed by atoms with Crippen molar-refractivity contribution in [1.82, 2.24) is 9.97 Å². The van der Waals surface area contributed by atoms with Crippen LogP contribution in [0.4, 0.5) is 0 Å². The molecule has 0 aliphatic heterocycles. The van der Waals surface area contributed by atoms with Crippen molar-refractivity contribution in [3.63, 3.8) is 0 Å². The number of hydrogen-bond donors (Lipinski definition) is 0. The van der Waals surface area contributed by atoms with Gasteiger partial charge in [0.15, 0.2) is 11.5 Å². The van der Waals surface area contributed by atoms with Gasteiger partial charge >= 0.3 is 0 Å². The monoisotopic (exact) mass is 342 g/mol. The van der Waals surface area contributed by atoms with Crippen molar-refractivity contribution < 1.29 is 9.47 Å². The maximum atomic E-state index is 5.37. The molecule has 0 N–H and O–H groups in total.